The number of fused-ring (bicyclic) bond motifs is 3. The fourth-order valence-electron chi connectivity index (χ4n) is 5.04. The summed E-state index contributed by atoms with van der Waals surface area (Å²) in [6.07, 6.45) is 7.31. The van der Waals surface area contributed by atoms with E-state index < -0.39 is 0 Å². The van der Waals surface area contributed by atoms with Gasteiger partial charge < -0.3 is 9.47 Å². The summed E-state index contributed by atoms with van der Waals surface area (Å²) in [5, 5.41) is 0. The van der Waals surface area contributed by atoms with Crippen LogP contribution in [0.4, 0.5) is 5.69 Å². The van der Waals surface area contributed by atoms with Crippen LogP contribution in [0.2, 0.25) is 0 Å². The molecule has 1 aromatic heterocycles. The summed E-state index contributed by atoms with van der Waals surface area (Å²) in [6.45, 7) is 0.0427. The molecule has 178 valence electrons. The average molecular weight is 474 g/mol. The Labute approximate surface area is 210 Å². The van der Waals surface area contributed by atoms with Gasteiger partial charge in [-0.25, -0.2) is 0 Å². The molecule has 5 heteroatoms. The van der Waals surface area contributed by atoms with Crippen LogP contribution in [0.5, 0.6) is 0 Å². The van der Waals surface area contributed by atoms with Crippen molar-refractivity contribution in [3.05, 3.63) is 126 Å². The van der Waals surface area contributed by atoms with Gasteiger partial charge in [0.05, 0.1) is 17.1 Å². The molecule has 1 aliphatic heterocycles. The number of carbonyl (C=O) groups is 2. The molecule has 1 aliphatic carbocycles. The quantitative estimate of drug-likeness (QED) is 0.341. The highest BCUT2D eigenvalue weighted by Gasteiger charge is 2.39. The van der Waals surface area contributed by atoms with Gasteiger partial charge in [-0.05, 0) is 54.3 Å². The predicted molar refractivity (Wildman–Crippen MR) is 142 cm³/mol. The van der Waals surface area contributed by atoms with Crippen molar-refractivity contribution in [1.29, 1.82) is 0 Å². The molecule has 6 rings (SSSR count). The Balaban J connectivity index is 1.35. The molecular formula is C31H27N3O2. The van der Waals surface area contributed by atoms with Crippen LogP contribution in [0.25, 0.3) is 11.8 Å². The Morgan fingerprint density at radius 2 is 1.47 bits per heavy atom. The molecule has 1 atom stereocenters. The van der Waals surface area contributed by atoms with Gasteiger partial charge in [0.25, 0.3) is 0 Å². The first-order valence-corrected chi connectivity index (χ1v) is 12.4. The number of amides is 2. The minimum Gasteiger partial charge on any atom is -0.327 e. The lowest BCUT2D eigenvalue weighted by Gasteiger charge is -2.39. The fraction of sp³-hybridized carbons (Fsp3) is 0.161. The minimum atomic E-state index is -0.278. The Kier molecular flexibility index (Phi) is 5.74. The number of anilines is 1. The second-order valence-electron chi connectivity index (χ2n) is 9.31. The van der Waals surface area contributed by atoms with E-state index in [0.29, 0.717) is 0 Å². The van der Waals surface area contributed by atoms with Crippen molar-refractivity contribution >= 4 is 23.6 Å². The zero-order chi connectivity index (χ0) is 24.5. The van der Waals surface area contributed by atoms with Gasteiger partial charge in [0.2, 0.25) is 11.8 Å². The summed E-state index contributed by atoms with van der Waals surface area (Å²) in [5.74, 6) is -0.211. The zero-order valence-corrected chi connectivity index (χ0v) is 19.9. The van der Waals surface area contributed by atoms with Gasteiger partial charge in [-0.1, -0.05) is 72.8 Å². The molecular weight excluding hydrogens is 446 g/mol. The summed E-state index contributed by atoms with van der Waals surface area (Å²) in [4.78, 5) is 30.9. The van der Waals surface area contributed by atoms with Gasteiger partial charge >= 0.3 is 0 Å². The number of hydrogen-bond acceptors (Lipinski definition) is 2. The number of carbonyl (C=O) groups excluding carboxylic acids is 2. The van der Waals surface area contributed by atoms with Crippen molar-refractivity contribution in [2.75, 3.05) is 11.4 Å². The first-order valence-electron chi connectivity index (χ1n) is 12.4. The van der Waals surface area contributed by atoms with Crippen molar-refractivity contribution < 1.29 is 9.59 Å². The molecule has 2 amide bonds. The normalized spacial score (nSPS) is 16.4. The second kappa shape index (κ2) is 9.34. The molecule has 2 aliphatic rings. The topological polar surface area (TPSA) is 45.6 Å². The molecule has 0 bridgehead atoms. The summed E-state index contributed by atoms with van der Waals surface area (Å²) in [6, 6.07) is 31.8. The lowest BCUT2D eigenvalue weighted by Crippen LogP contribution is -2.47. The lowest BCUT2D eigenvalue weighted by molar-refractivity contribution is -0.132. The van der Waals surface area contributed by atoms with Crippen LogP contribution in [0.3, 0.4) is 0 Å². The third-order valence-electron chi connectivity index (χ3n) is 6.90. The van der Waals surface area contributed by atoms with Crippen LogP contribution < -0.4 is 4.90 Å². The number of nitrogens with zero attached hydrogens (tertiary/aromatic N) is 3. The minimum absolute atomic E-state index is 0.0427. The highest BCUT2D eigenvalue weighted by atomic mass is 16.2. The molecule has 2 heterocycles. The smallest absolute Gasteiger partial charge is 0.247 e. The summed E-state index contributed by atoms with van der Waals surface area (Å²) in [7, 11) is 0. The highest BCUT2D eigenvalue weighted by Crippen LogP contribution is 2.42. The van der Waals surface area contributed by atoms with Gasteiger partial charge in [-0.3, -0.25) is 14.5 Å². The number of hydrogen-bond donors (Lipinski definition) is 0. The van der Waals surface area contributed by atoms with Crippen molar-refractivity contribution in [2.45, 2.75) is 24.9 Å². The largest absolute Gasteiger partial charge is 0.327 e. The molecule has 0 radical (unpaired) electrons. The van der Waals surface area contributed by atoms with E-state index in [4.69, 9.17) is 0 Å². The first kappa shape index (κ1) is 22.1. The Morgan fingerprint density at radius 3 is 2.19 bits per heavy atom. The summed E-state index contributed by atoms with van der Waals surface area (Å²) < 4.78 is 2.16. The van der Waals surface area contributed by atoms with E-state index in [9.17, 15) is 9.59 Å². The molecule has 4 aromatic rings. The fourth-order valence-corrected chi connectivity index (χ4v) is 5.04. The average Bonchev–Trinajstić information content (AvgIpc) is 3.65. The first-order chi connectivity index (χ1) is 17.7. The van der Waals surface area contributed by atoms with Gasteiger partial charge in [0.1, 0.15) is 12.6 Å². The Morgan fingerprint density at radius 1 is 0.806 bits per heavy atom. The summed E-state index contributed by atoms with van der Waals surface area (Å²) >= 11 is 0. The molecule has 3 aromatic carbocycles. The van der Waals surface area contributed by atoms with Gasteiger partial charge in [0.15, 0.2) is 0 Å². The van der Waals surface area contributed by atoms with E-state index in [1.54, 1.807) is 11.0 Å². The van der Waals surface area contributed by atoms with E-state index in [0.717, 1.165) is 41.0 Å². The third-order valence-corrected chi connectivity index (χ3v) is 6.90. The van der Waals surface area contributed by atoms with Crippen LogP contribution in [0.15, 0.2) is 109 Å². The molecule has 0 spiro atoms. The predicted octanol–water partition coefficient (Wildman–Crippen LogP) is 5.62. The zero-order valence-electron chi connectivity index (χ0n) is 19.9. The molecule has 0 saturated heterocycles. The van der Waals surface area contributed by atoms with E-state index in [1.807, 2.05) is 96.0 Å². The Hall–Kier alpha value is -4.38. The molecule has 5 nitrogen and oxygen atoms in total. The van der Waals surface area contributed by atoms with E-state index in [2.05, 4.69) is 22.8 Å². The number of aromatic nitrogens is 1. The second-order valence-corrected chi connectivity index (χ2v) is 9.31. The van der Waals surface area contributed by atoms with E-state index >= 15 is 0 Å². The molecule has 0 unspecified atom stereocenters. The molecule has 1 fully saturated rings. The van der Waals surface area contributed by atoms with Gasteiger partial charge in [0, 0.05) is 18.3 Å². The van der Waals surface area contributed by atoms with Crippen LogP contribution >= 0.6 is 0 Å². The van der Waals surface area contributed by atoms with E-state index in [-0.39, 0.29) is 30.4 Å². The SMILES string of the molecule is O=C(/C=C/c1ccccc1)N(CC(=O)N1c2ccccc2-n2cccc2[C@@H]1c1ccccc1)C1CC1. The van der Waals surface area contributed by atoms with Gasteiger partial charge in [-0.2, -0.15) is 0 Å². The maximum atomic E-state index is 14.1. The van der Waals surface area contributed by atoms with Crippen LogP contribution in [0, 0.1) is 0 Å². The molecule has 36 heavy (non-hydrogen) atoms. The van der Waals surface area contributed by atoms with Crippen molar-refractivity contribution in [3.8, 4) is 5.69 Å². The van der Waals surface area contributed by atoms with Crippen molar-refractivity contribution in [2.24, 2.45) is 0 Å². The summed E-state index contributed by atoms with van der Waals surface area (Å²) in [5.41, 5.74) is 4.84. The molecule has 0 N–H and O–H groups in total. The van der Waals surface area contributed by atoms with Crippen LogP contribution in [-0.4, -0.2) is 33.9 Å². The standard InChI is InChI=1S/C31H27N3O2/c35-29(20-17-23-10-3-1-4-11-23)33(25-18-19-25)22-30(36)34-27-15-8-7-14-26(27)32-21-9-16-28(32)31(34)24-12-5-2-6-13-24/h1-17,20-21,25,31H,18-19,22H2/b20-17+/t31-/m0/s1. The van der Waals surface area contributed by atoms with Crippen LogP contribution in [0.1, 0.15) is 35.7 Å². The lowest BCUT2D eigenvalue weighted by atomic mass is 9.97. The van der Waals surface area contributed by atoms with Gasteiger partial charge in [-0.15, -0.1) is 0 Å². The third kappa shape index (κ3) is 4.13. The molecule has 1 saturated carbocycles. The number of benzene rings is 3. The monoisotopic (exact) mass is 473 g/mol. The van der Waals surface area contributed by atoms with Crippen molar-refractivity contribution in [1.82, 2.24) is 9.47 Å². The number of rotatable bonds is 6. The highest BCUT2D eigenvalue weighted by molar-refractivity contribution is 6.02. The van der Waals surface area contributed by atoms with Crippen LogP contribution in [-0.2, 0) is 9.59 Å². The van der Waals surface area contributed by atoms with Crippen molar-refractivity contribution in [3.63, 3.8) is 0 Å². The number of para-hydroxylation sites is 2. The Bertz CT molecular complexity index is 1420. The maximum Gasteiger partial charge on any atom is 0.247 e. The van der Waals surface area contributed by atoms with E-state index in [1.165, 1.54) is 0 Å². The maximum absolute atomic E-state index is 14.1.